The van der Waals surface area contributed by atoms with Crippen LogP contribution in [0, 0.1) is 6.92 Å². The van der Waals surface area contributed by atoms with Gasteiger partial charge in [0.1, 0.15) is 0 Å². The number of benzene rings is 1. The normalized spacial score (nSPS) is 19.0. The molecule has 2 aliphatic heterocycles. The third kappa shape index (κ3) is 4.77. The monoisotopic (exact) mass is 422 g/mol. The van der Waals surface area contributed by atoms with E-state index in [0.29, 0.717) is 0 Å². The predicted molar refractivity (Wildman–Crippen MR) is 118 cm³/mol. The summed E-state index contributed by atoms with van der Waals surface area (Å²) in [6.45, 7) is 6.34. The third-order valence-corrected chi connectivity index (χ3v) is 5.52. The van der Waals surface area contributed by atoms with Gasteiger partial charge in [0.15, 0.2) is 0 Å². The Labute approximate surface area is 179 Å². The SMILES string of the molecule is Cc1cnccc1N1CCCN(C(=O)[C@H]2Cc3ccccc3CN2)CC1.Cl.Cl. The Morgan fingerprint density at radius 3 is 2.64 bits per heavy atom. The van der Waals surface area contributed by atoms with E-state index in [4.69, 9.17) is 0 Å². The number of aromatic nitrogens is 1. The Morgan fingerprint density at radius 2 is 1.86 bits per heavy atom. The average molecular weight is 423 g/mol. The van der Waals surface area contributed by atoms with Gasteiger partial charge in [-0.1, -0.05) is 24.3 Å². The molecule has 2 aliphatic rings. The molecular formula is C21H28Cl2N4O. The van der Waals surface area contributed by atoms with Gasteiger partial charge < -0.3 is 15.1 Å². The minimum Gasteiger partial charge on any atom is -0.369 e. The molecule has 3 heterocycles. The Morgan fingerprint density at radius 1 is 1.07 bits per heavy atom. The van der Waals surface area contributed by atoms with E-state index in [2.05, 4.69) is 52.5 Å². The van der Waals surface area contributed by atoms with Gasteiger partial charge in [0.2, 0.25) is 5.91 Å². The van der Waals surface area contributed by atoms with E-state index in [1.807, 2.05) is 17.3 Å². The highest BCUT2D eigenvalue weighted by molar-refractivity contribution is 5.85. The summed E-state index contributed by atoms with van der Waals surface area (Å²) in [6.07, 6.45) is 5.54. The molecule has 1 atom stereocenters. The summed E-state index contributed by atoms with van der Waals surface area (Å²) >= 11 is 0. The van der Waals surface area contributed by atoms with E-state index in [9.17, 15) is 4.79 Å². The van der Waals surface area contributed by atoms with E-state index in [-0.39, 0.29) is 36.8 Å². The summed E-state index contributed by atoms with van der Waals surface area (Å²) in [7, 11) is 0. The van der Waals surface area contributed by atoms with Gasteiger partial charge >= 0.3 is 0 Å². The second-order valence-electron chi connectivity index (χ2n) is 7.23. The number of anilines is 1. The fourth-order valence-corrected chi connectivity index (χ4v) is 4.05. The third-order valence-electron chi connectivity index (χ3n) is 5.52. The van der Waals surface area contributed by atoms with Gasteiger partial charge in [-0.05, 0) is 42.5 Å². The lowest BCUT2D eigenvalue weighted by molar-refractivity contribution is -0.133. The molecule has 7 heteroatoms. The molecule has 0 unspecified atom stereocenters. The van der Waals surface area contributed by atoms with Crippen molar-refractivity contribution in [1.29, 1.82) is 0 Å². The number of fused-ring (bicyclic) bond motifs is 1. The minimum absolute atomic E-state index is 0. The maximum atomic E-state index is 13.1. The van der Waals surface area contributed by atoms with E-state index in [0.717, 1.165) is 45.6 Å². The topological polar surface area (TPSA) is 48.5 Å². The van der Waals surface area contributed by atoms with Crippen molar-refractivity contribution in [1.82, 2.24) is 15.2 Å². The number of pyridine rings is 1. The van der Waals surface area contributed by atoms with E-state index < -0.39 is 0 Å². The molecule has 2 aromatic rings. The Hall–Kier alpha value is -1.82. The number of rotatable bonds is 2. The fraction of sp³-hybridized carbons (Fsp3) is 0.429. The van der Waals surface area contributed by atoms with Gasteiger partial charge in [0.05, 0.1) is 6.04 Å². The molecule has 1 fully saturated rings. The first kappa shape index (κ1) is 22.5. The largest absolute Gasteiger partial charge is 0.369 e. The van der Waals surface area contributed by atoms with Gasteiger partial charge in [0, 0.05) is 50.8 Å². The molecule has 1 aromatic heterocycles. The minimum atomic E-state index is -0.0980. The van der Waals surface area contributed by atoms with Crippen LogP contribution in [0.25, 0.3) is 0 Å². The summed E-state index contributed by atoms with van der Waals surface area (Å²) in [6, 6.07) is 10.4. The molecule has 0 spiro atoms. The Balaban J connectivity index is 0.00000140. The van der Waals surface area contributed by atoms with Gasteiger partial charge in [-0.3, -0.25) is 9.78 Å². The fourth-order valence-electron chi connectivity index (χ4n) is 4.05. The number of nitrogens with zero attached hydrogens (tertiary/aromatic N) is 3. The zero-order valence-electron chi connectivity index (χ0n) is 16.1. The summed E-state index contributed by atoms with van der Waals surface area (Å²) in [4.78, 5) is 21.7. The highest BCUT2D eigenvalue weighted by Gasteiger charge is 2.29. The molecule has 0 aliphatic carbocycles. The molecule has 1 saturated heterocycles. The highest BCUT2D eigenvalue weighted by atomic mass is 35.5. The number of amides is 1. The molecule has 152 valence electrons. The maximum Gasteiger partial charge on any atom is 0.240 e. The van der Waals surface area contributed by atoms with Crippen LogP contribution in [0.3, 0.4) is 0 Å². The van der Waals surface area contributed by atoms with E-state index in [1.54, 1.807) is 0 Å². The van der Waals surface area contributed by atoms with Gasteiger partial charge in [-0.2, -0.15) is 0 Å². The first-order valence-corrected chi connectivity index (χ1v) is 9.47. The zero-order valence-corrected chi connectivity index (χ0v) is 17.8. The standard InChI is InChI=1S/C21H26N4O.2ClH/c1-16-14-22-8-7-20(16)24-9-4-10-25(12-11-24)21(26)19-13-17-5-2-3-6-18(17)15-23-19;;/h2-3,5-8,14,19,23H,4,9-13,15H2,1H3;2*1H/t19-;;/m1../s1. The van der Waals surface area contributed by atoms with Crippen LogP contribution in [0.5, 0.6) is 0 Å². The van der Waals surface area contributed by atoms with Crippen LogP contribution in [0.4, 0.5) is 5.69 Å². The zero-order chi connectivity index (χ0) is 17.9. The van der Waals surface area contributed by atoms with Crippen molar-refractivity contribution in [2.24, 2.45) is 0 Å². The molecule has 0 saturated carbocycles. The molecule has 4 rings (SSSR count). The van der Waals surface area contributed by atoms with Crippen molar-refractivity contribution >= 4 is 36.4 Å². The van der Waals surface area contributed by atoms with E-state index >= 15 is 0 Å². The number of carbonyl (C=O) groups excluding carboxylic acids is 1. The molecule has 0 radical (unpaired) electrons. The predicted octanol–water partition coefficient (Wildman–Crippen LogP) is 2.99. The molecule has 5 nitrogen and oxygen atoms in total. The molecule has 0 bridgehead atoms. The molecule has 1 N–H and O–H groups in total. The Bertz CT molecular complexity index is 801. The maximum absolute atomic E-state index is 13.1. The van der Waals surface area contributed by atoms with Crippen LogP contribution in [0.1, 0.15) is 23.1 Å². The van der Waals surface area contributed by atoms with Crippen LogP contribution >= 0.6 is 24.8 Å². The lowest BCUT2D eigenvalue weighted by Crippen LogP contribution is -2.50. The van der Waals surface area contributed by atoms with Gasteiger partial charge in [0.25, 0.3) is 0 Å². The number of hydrogen-bond donors (Lipinski definition) is 1. The average Bonchev–Trinajstić information content (AvgIpc) is 2.93. The van der Waals surface area contributed by atoms with Crippen LogP contribution in [0.2, 0.25) is 0 Å². The van der Waals surface area contributed by atoms with Crippen molar-refractivity contribution in [2.75, 3.05) is 31.1 Å². The lowest BCUT2D eigenvalue weighted by atomic mass is 9.95. The smallest absolute Gasteiger partial charge is 0.240 e. The number of halogens is 2. The second-order valence-corrected chi connectivity index (χ2v) is 7.23. The molecule has 1 amide bonds. The van der Waals surface area contributed by atoms with Crippen molar-refractivity contribution in [3.63, 3.8) is 0 Å². The molecular weight excluding hydrogens is 395 g/mol. The van der Waals surface area contributed by atoms with Crippen molar-refractivity contribution in [3.05, 3.63) is 59.4 Å². The van der Waals surface area contributed by atoms with Gasteiger partial charge in [-0.15, -0.1) is 24.8 Å². The van der Waals surface area contributed by atoms with Crippen molar-refractivity contribution in [2.45, 2.75) is 32.4 Å². The van der Waals surface area contributed by atoms with Crippen molar-refractivity contribution < 1.29 is 4.79 Å². The first-order chi connectivity index (χ1) is 12.7. The van der Waals surface area contributed by atoms with Gasteiger partial charge in [-0.25, -0.2) is 0 Å². The van der Waals surface area contributed by atoms with E-state index in [1.165, 1.54) is 22.4 Å². The lowest BCUT2D eigenvalue weighted by Gasteiger charge is -2.30. The van der Waals surface area contributed by atoms with Crippen molar-refractivity contribution in [3.8, 4) is 0 Å². The quantitative estimate of drug-likeness (QED) is 0.807. The van der Waals surface area contributed by atoms with Crippen LogP contribution in [0.15, 0.2) is 42.7 Å². The summed E-state index contributed by atoms with van der Waals surface area (Å²) < 4.78 is 0. The summed E-state index contributed by atoms with van der Waals surface area (Å²) in [5.41, 5.74) is 5.04. The van der Waals surface area contributed by atoms with Crippen LogP contribution < -0.4 is 10.2 Å². The highest BCUT2D eigenvalue weighted by Crippen LogP contribution is 2.21. The molecule has 28 heavy (non-hydrogen) atoms. The number of carbonyl (C=O) groups is 1. The summed E-state index contributed by atoms with van der Waals surface area (Å²) in [5.74, 6) is 0.243. The second kappa shape index (κ2) is 10.1. The van der Waals surface area contributed by atoms with Crippen LogP contribution in [-0.4, -0.2) is 48.0 Å². The summed E-state index contributed by atoms with van der Waals surface area (Å²) in [5, 5.41) is 3.43. The first-order valence-electron chi connectivity index (χ1n) is 9.47. The number of nitrogens with one attached hydrogen (secondary N) is 1. The Kier molecular flexibility index (Phi) is 8.10. The number of aryl methyl sites for hydroxylation is 1. The van der Waals surface area contributed by atoms with Crippen LogP contribution in [-0.2, 0) is 17.8 Å². The number of hydrogen-bond acceptors (Lipinski definition) is 4. The molecule has 1 aromatic carbocycles.